The molecule has 0 aromatic carbocycles. The first-order chi connectivity index (χ1) is 9.74. The fourth-order valence-corrected chi connectivity index (χ4v) is 4.18. The number of fused-ring (bicyclic) bond motifs is 1. The number of carbonyl (C=O) groups is 1. The van der Waals surface area contributed by atoms with Crippen LogP contribution < -0.4 is 5.32 Å². The largest absolute Gasteiger partial charge is 0.334 e. The van der Waals surface area contributed by atoms with Crippen molar-refractivity contribution >= 4 is 17.4 Å². The molecule has 1 N–H and O–H groups in total. The number of amides is 2. The van der Waals surface area contributed by atoms with Gasteiger partial charge in [-0.15, -0.1) is 0 Å². The van der Waals surface area contributed by atoms with Crippen molar-refractivity contribution in [2.75, 3.05) is 26.7 Å². The summed E-state index contributed by atoms with van der Waals surface area (Å²) in [6, 6.07) is 2.64. The number of likely N-dealkylation sites (tertiary alicyclic amines) is 2. The number of piperidine rings is 2. The lowest BCUT2D eigenvalue weighted by atomic mass is 9.84. The second kappa shape index (κ2) is 6.14. The first kappa shape index (κ1) is 13.9. The van der Waals surface area contributed by atoms with Gasteiger partial charge in [0.1, 0.15) is 0 Å². The molecule has 2 atom stereocenters. The van der Waals surface area contributed by atoms with Gasteiger partial charge in [-0.05, 0) is 61.2 Å². The fourth-order valence-electron chi connectivity index (χ4n) is 3.51. The van der Waals surface area contributed by atoms with Crippen LogP contribution in [0.15, 0.2) is 16.8 Å². The van der Waals surface area contributed by atoms with Crippen LogP contribution >= 0.6 is 11.3 Å². The second-order valence-electron chi connectivity index (χ2n) is 6.00. The molecule has 2 amide bonds. The Hall–Kier alpha value is -1.07. The van der Waals surface area contributed by atoms with E-state index in [2.05, 4.69) is 39.0 Å². The van der Waals surface area contributed by atoms with Crippen molar-refractivity contribution in [3.8, 4) is 0 Å². The predicted molar refractivity (Wildman–Crippen MR) is 81.9 cm³/mol. The van der Waals surface area contributed by atoms with E-state index in [9.17, 15) is 4.79 Å². The van der Waals surface area contributed by atoms with Crippen LogP contribution in [0.1, 0.15) is 24.8 Å². The summed E-state index contributed by atoms with van der Waals surface area (Å²) in [5, 5.41) is 7.22. The molecule has 20 heavy (non-hydrogen) atoms. The van der Waals surface area contributed by atoms with Crippen LogP contribution in [-0.4, -0.2) is 48.6 Å². The lowest BCUT2D eigenvalue weighted by Gasteiger charge is -2.46. The van der Waals surface area contributed by atoms with Crippen LogP contribution in [-0.2, 0) is 6.54 Å². The quantitative estimate of drug-likeness (QED) is 0.908. The zero-order valence-corrected chi connectivity index (χ0v) is 12.9. The van der Waals surface area contributed by atoms with Crippen molar-refractivity contribution in [3.63, 3.8) is 0 Å². The third kappa shape index (κ3) is 2.99. The van der Waals surface area contributed by atoms with E-state index in [0.29, 0.717) is 18.5 Å². The van der Waals surface area contributed by atoms with Crippen LogP contribution in [0.5, 0.6) is 0 Å². The second-order valence-corrected chi connectivity index (χ2v) is 6.78. The standard InChI is InChI=1S/C15H23N3OS/c1-17-7-4-14-13(10-17)3-2-6-18(14)15(19)16-9-12-5-8-20-11-12/h5,8,11,13-14H,2-4,6-7,9-10H2,1H3,(H,16,19)/t13-,14-/m1/s1. The van der Waals surface area contributed by atoms with Gasteiger partial charge < -0.3 is 15.1 Å². The first-order valence-electron chi connectivity index (χ1n) is 7.48. The summed E-state index contributed by atoms with van der Waals surface area (Å²) in [5.41, 5.74) is 1.19. The summed E-state index contributed by atoms with van der Waals surface area (Å²) in [4.78, 5) is 16.9. The Morgan fingerprint density at radius 2 is 2.35 bits per heavy atom. The summed E-state index contributed by atoms with van der Waals surface area (Å²) in [6.45, 7) is 3.81. The molecule has 0 bridgehead atoms. The minimum Gasteiger partial charge on any atom is -0.334 e. The van der Waals surface area contributed by atoms with Gasteiger partial charge in [0, 0.05) is 25.7 Å². The summed E-state index contributed by atoms with van der Waals surface area (Å²) < 4.78 is 0. The molecule has 1 aromatic heterocycles. The Bertz CT molecular complexity index is 448. The highest BCUT2D eigenvalue weighted by Crippen LogP contribution is 2.30. The highest BCUT2D eigenvalue weighted by Gasteiger charge is 2.37. The van der Waals surface area contributed by atoms with E-state index >= 15 is 0 Å². The average molecular weight is 293 g/mol. The van der Waals surface area contributed by atoms with Crippen molar-refractivity contribution in [2.45, 2.75) is 31.8 Å². The van der Waals surface area contributed by atoms with Gasteiger partial charge in [0.15, 0.2) is 0 Å². The van der Waals surface area contributed by atoms with Gasteiger partial charge in [-0.1, -0.05) is 0 Å². The van der Waals surface area contributed by atoms with E-state index in [1.165, 1.54) is 12.0 Å². The van der Waals surface area contributed by atoms with Crippen LogP contribution in [0.3, 0.4) is 0 Å². The SMILES string of the molecule is CN1CC[C@@H]2[C@H](CCCN2C(=O)NCc2ccsc2)C1. The van der Waals surface area contributed by atoms with E-state index in [1.54, 1.807) is 11.3 Å². The monoisotopic (exact) mass is 293 g/mol. The maximum absolute atomic E-state index is 12.4. The zero-order valence-electron chi connectivity index (χ0n) is 12.0. The van der Waals surface area contributed by atoms with E-state index in [0.717, 1.165) is 32.5 Å². The van der Waals surface area contributed by atoms with E-state index in [1.807, 2.05) is 0 Å². The number of nitrogens with one attached hydrogen (secondary N) is 1. The first-order valence-corrected chi connectivity index (χ1v) is 8.42. The molecule has 0 spiro atoms. The normalized spacial score (nSPS) is 27.1. The summed E-state index contributed by atoms with van der Waals surface area (Å²) in [5.74, 6) is 0.661. The van der Waals surface area contributed by atoms with Gasteiger partial charge in [0.2, 0.25) is 0 Å². The van der Waals surface area contributed by atoms with Gasteiger partial charge in [-0.25, -0.2) is 4.79 Å². The fraction of sp³-hybridized carbons (Fsp3) is 0.667. The van der Waals surface area contributed by atoms with Gasteiger partial charge in [-0.2, -0.15) is 11.3 Å². The lowest BCUT2D eigenvalue weighted by Crippen LogP contribution is -2.57. The van der Waals surface area contributed by atoms with Gasteiger partial charge in [0.05, 0.1) is 0 Å². The number of hydrogen-bond acceptors (Lipinski definition) is 3. The zero-order chi connectivity index (χ0) is 13.9. The van der Waals surface area contributed by atoms with Crippen molar-refractivity contribution in [3.05, 3.63) is 22.4 Å². The number of carbonyl (C=O) groups excluding carboxylic acids is 1. The number of hydrogen-bond donors (Lipinski definition) is 1. The van der Waals surface area contributed by atoms with Gasteiger partial charge >= 0.3 is 6.03 Å². The molecule has 2 aliphatic heterocycles. The Balaban J connectivity index is 1.58. The maximum Gasteiger partial charge on any atom is 0.317 e. The molecule has 3 rings (SSSR count). The maximum atomic E-state index is 12.4. The molecule has 0 aliphatic carbocycles. The molecule has 110 valence electrons. The molecular formula is C15H23N3OS. The molecule has 2 aliphatic rings. The minimum atomic E-state index is 0.121. The molecule has 0 unspecified atom stereocenters. The molecular weight excluding hydrogens is 270 g/mol. The van der Waals surface area contributed by atoms with E-state index in [-0.39, 0.29) is 6.03 Å². The Morgan fingerprint density at radius 3 is 3.15 bits per heavy atom. The van der Waals surface area contributed by atoms with Crippen LogP contribution in [0, 0.1) is 5.92 Å². The van der Waals surface area contributed by atoms with Gasteiger partial charge in [-0.3, -0.25) is 0 Å². The van der Waals surface area contributed by atoms with E-state index in [4.69, 9.17) is 0 Å². The third-order valence-corrected chi connectivity index (χ3v) is 5.29. The average Bonchev–Trinajstić information content (AvgIpc) is 2.97. The molecule has 1 aromatic rings. The van der Waals surface area contributed by atoms with Crippen molar-refractivity contribution < 1.29 is 4.79 Å². The van der Waals surface area contributed by atoms with Crippen molar-refractivity contribution in [1.82, 2.24) is 15.1 Å². The predicted octanol–water partition coefficient (Wildman–Crippen LogP) is 2.37. The molecule has 4 nitrogen and oxygen atoms in total. The smallest absolute Gasteiger partial charge is 0.317 e. The summed E-state index contributed by atoms with van der Waals surface area (Å²) >= 11 is 1.67. The summed E-state index contributed by atoms with van der Waals surface area (Å²) in [7, 11) is 2.19. The number of nitrogens with zero attached hydrogens (tertiary/aromatic N) is 2. The molecule has 2 fully saturated rings. The topological polar surface area (TPSA) is 35.6 Å². The molecule has 3 heterocycles. The molecule has 0 saturated carbocycles. The van der Waals surface area contributed by atoms with Crippen molar-refractivity contribution in [2.24, 2.45) is 5.92 Å². The number of rotatable bonds is 2. The lowest BCUT2D eigenvalue weighted by molar-refractivity contribution is 0.0532. The minimum absolute atomic E-state index is 0.121. The Labute approximate surface area is 124 Å². The van der Waals surface area contributed by atoms with Crippen molar-refractivity contribution in [1.29, 1.82) is 0 Å². The molecule has 2 saturated heterocycles. The van der Waals surface area contributed by atoms with Crippen LogP contribution in [0.4, 0.5) is 4.79 Å². The highest BCUT2D eigenvalue weighted by atomic mass is 32.1. The number of urea groups is 1. The molecule has 0 radical (unpaired) electrons. The van der Waals surface area contributed by atoms with Gasteiger partial charge in [0.25, 0.3) is 0 Å². The third-order valence-electron chi connectivity index (χ3n) is 4.56. The van der Waals surface area contributed by atoms with E-state index < -0.39 is 0 Å². The Morgan fingerprint density at radius 1 is 1.45 bits per heavy atom. The van der Waals surface area contributed by atoms with Crippen LogP contribution in [0.2, 0.25) is 0 Å². The summed E-state index contributed by atoms with van der Waals surface area (Å²) in [6.07, 6.45) is 3.53. The van der Waals surface area contributed by atoms with Crippen LogP contribution in [0.25, 0.3) is 0 Å². The highest BCUT2D eigenvalue weighted by molar-refractivity contribution is 7.07. The Kier molecular flexibility index (Phi) is 4.27. The molecule has 5 heteroatoms. The number of thiophene rings is 1.